The van der Waals surface area contributed by atoms with Crippen LogP contribution < -0.4 is 9.64 Å². The molecule has 6 heteroatoms. The molecule has 1 unspecified atom stereocenters. The quantitative estimate of drug-likeness (QED) is 0.629. The normalized spacial score (nSPS) is 16.6. The van der Waals surface area contributed by atoms with Gasteiger partial charge in [0.05, 0.1) is 16.3 Å². The Morgan fingerprint density at radius 3 is 2.96 bits per heavy atom. The van der Waals surface area contributed by atoms with Crippen LogP contribution in [0.5, 0.6) is 5.75 Å². The average molecular weight is 382 g/mol. The summed E-state index contributed by atoms with van der Waals surface area (Å²) in [7, 11) is 0. The van der Waals surface area contributed by atoms with Crippen LogP contribution in [0.2, 0.25) is 0 Å². The van der Waals surface area contributed by atoms with Gasteiger partial charge >= 0.3 is 0 Å². The third kappa shape index (κ3) is 3.96. The first-order valence-corrected chi connectivity index (χ1v) is 10.1. The lowest BCUT2D eigenvalue weighted by Crippen LogP contribution is -2.30. The highest BCUT2D eigenvalue weighted by Crippen LogP contribution is 2.29. The standard InChI is InChI=1S/C21H22N2O3S/c1-2-23(21-22-18-10-3-4-11-19(18)27-21)20(24)15-7-5-8-16(13-15)26-14-17-9-6-12-25-17/h3-5,7-8,10-11,13,17H,2,6,9,12,14H2,1H3. The maximum absolute atomic E-state index is 13.1. The molecule has 0 radical (unpaired) electrons. The van der Waals surface area contributed by atoms with E-state index >= 15 is 0 Å². The zero-order valence-corrected chi connectivity index (χ0v) is 16.1. The zero-order valence-electron chi connectivity index (χ0n) is 15.3. The number of ether oxygens (including phenoxy) is 2. The van der Waals surface area contributed by atoms with E-state index in [9.17, 15) is 4.79 Å². The molecular weight excluding hydrogens is 360 g/mol. The number of amides is 1. The molecule has 0 bridgehead atoms. The number of benzene rings is 2. The van der Waals surface area contributed by atoms with E-state index < -0.39 is 0 Å². The van der Waals surface area contributed by atoms with Crippen molar-refractivity contribution in [1.29, 1.82) is 0 Å². The van der Waals surface area contributed by atoms with Gasteiger partial charge in [-0.25, -0.2) is 4.98 Å². The first kappa shape index (κ1) is 17.9. The molecule has 27 heavy (non-hydrogen) atoms. The summed E-state index contributed by atoms with van der Waals surface area (Å²) in [6, 6.07) is 15.3. The number of carbonyl (C=O) groups is 1. The highest BCUT2D eigenvalue weighted by atomic mass is 32.1. The van der Waals surface area contributed by atoms with E-state index in [4.69, 9.17) is 9.47 Å². The van der Waals surface area contributed by atoms with Gasteiger partial charge < -0.3 is 9.47 Å². The van der Waals surface area contributed by atoms with Crippen molar-refractivity contribution in [3.05, 3.63) is 54.1 Å². The van der Waals surface area contributed by atoms with Crippen LogP contribution in [0.4, 0.5) is 5.13 Å². The lowest BCUT2D eigenvalue weighted by Gasteiger charge is -2.18. The van der Waals surface area contributed by atoms with Gasteiger partial charge in [-0.15, -0.1) is 0 Å². The van der Waals surface area contributed by atoms with Gasteiger partial charge in [0.2, 0.25) is 0 Å². The maximum atomic E-state index is 13.1. The Labute approximate surface area is 162 Å². The summed E-state index contributed by atoms with van der Waals surface area (Å²) in [6.45, 7) is 3.84. The van der Waals surface area contributed by atoms with E-state index in [1.807, 2.05) is 49.4 Å². The molecule has 5 nitrogen and oxygen atoms in total. The number of anilines is 1. The molecule has 3 aromatic rings. The van der Waals surface area contributed by atoms with Crippen molar-refractivity contribution in [1.82, 2.24) is 4.98 Å². The third-order valence-electron chi connectivity index (χ3n) is 4.62. The first-order chi connectivity index (χ1) is 13.2. The summed E-state index contributed by atoms with van der Waals surface area (Å²) in [4.78, 5) is 19.4. The molecule has 2 heterocycles. The van der Waals surface area contributed by atoms with E-state index in [0.717, 1.165) is 34.8 Å². The number of hydrogen-bond acceptors (Lipinski definition) is 5. The van der Waals surface area contributed by atoms with Gasteiger partial charge in [0.15, 0.2) is 5.13 Å². The molecule has 2 aromatic carbocycles. The van der Waals surface area contributed by atoms with Crippen LogP contribution in [0.3, 0.4) is 0 Å². The fraction of sp³-hybridized carbons (Fsp3) is 0.333. The minimum Gasteiger partial charge on any atom is -0.491 e. The van der Waals surface area contributed by atoms with Crippen molar-refractivity contribution in [3.63, 3.8) is 0 Å². The molecule has 0 spiro atoms. The fourth-order valence-electron chi connectivity index (χ4n) is 3.18. The number of rotatable bonds is 6. The first-order valence-electron chi connectivity index (χ1n) is 9.26. The summed E-state index contributed by atoms with van der Waals surface area (Å²) < 4.78 is 12.5. The van der Waals surface area contributed by atoms with E-state index in [1.165, 1.54) is 11.3 Å². The van der Waals surface area contributed by atoms with Crippen molar-refractivity contribution < 1.29 is 14.3 Å². The van der Waals surface area contributed by atoms with Crippen molar-refractivity contribution in [2.45, 2.75) is 25.9 Å². The molecule has 0 N–H and O–H groups in total. The van der Waals surface area contributed by atoms with Crippen LogP contribution in [-0.2, 0) is 4.74 Å². The SMILES string of the molecule is CCN(C(=O)c1cccc(OCC2CCCO2)c1)c1nc2ccccc2s1. The summed E-state index contributed by atoms with van der Waals surface area (Å²) in [5.74, 6) is 0.621. The van der Waals surface area contributed by atoms with Crippen LogP contribution in [0.1, 0.15) is 30.1 Å². The number of hydrogen-bond donors (Lipinski definition) is 0. The number of nitrogens with zero attached hydrogens (tertiary/aromatic N) is 2. The maximum Gasteiger partial charge on any atom is 0.260 e. The molecule has 1 saturated heterocycles. The van der Waals surface area contributed by atoms with Crippen molar-refractivity contribution >= 4 is 32.6 Å². The van der Waals surface area contributed by atoms with Crippen molar-refractivity contribution in [2.24, 2.45) is 0 Å². The van der Waals surface area contributed by atoms with Crippen LogP contribution in [0.25, 0.3) is 10.2 Å². The molecular formula is C21H22N2O3S. The Kier molecular flexibility index (Phi) is 5.36. The summed E-state index contributed by atoms with van der Waals surface area (Å²) in [6.07, 6.45) is 2.26. The molecule has 1 aliphatic heterocycles. The average Bonchev–Trinajstić information content (AvgIpc) is 3.36. The Balaban J connectivity index is 1.52. The minimum atomic E-state index is -0.0703. The number of para-hydroxylation sites is 1. The van der Waals surface area contributed by atoms with Gasteiger partial charge in [-0.2, -0.15) is 0 Å². The molecule has 1 amide bonds. The van der Waals surface area contributed by atoms with Gasteiger partial charge in [0.1, 0.15) is 12.4 Å². The Hall–Kier alpha value is -2.44. The van der Waals surface area contributed by atoms with E-state index in [1.54, 1.807) is 11.0 Å². The lowest BCUT2D eigenvalue weighted by atomic mass is 10.2. The van der Waals surface area contributed by atoms with Gasteiger partial charge in [-0.05, 0) is 50.1 Å². The monoisotopic (exact) mass is 382 g/mol. The molecule has 1 atom stereocenters. The number of aromatic nitrogens is 1. The summed E-state index contributed by atoms with van der Waals surface area (Å²) in [5.41, 5.74) is 1.51. The third-order valence-corrected chi connectivity index (χ3v) is 5.68. The second-order valence-corrected chi connectivity index (χ2v) is 7.50. The van der Waals surface area contributed by atoms with Crippen LogP contribution >= 0.6 is 11.3 Å². The molecule has 0 aliphatic carbocycles. The predicted molar refractivity (Wildman–Crippen MR) is 108 cm³/mol. The molecule has 1 aromatic heterocycles. The molecule has 140 valence electrons. The van der Waals surface area contributed by atoms with E-state index in [2.05, 4.69) is 4.98 Å². The smallest absolute Gasteiger partial charge is 0.260 e. The van der Waals surface area contributed by atoms with Gasteiger partial charge in [-0.3, -0.25) is 9.69 Å². The molecule has 0 saturated carbocycles. The second-order valence-electron chi connectivity index (χ2n) is 6.49. The highest BCUT2D eigenvalue weighted by Gasteiger charge is 2.21. The second kappa shape index (κ2) is 8.06. The number of carbonyl (C=O) groups excluding carboxylic acids is 1. The lowest BCUT2D eigenvalue weighted by molar-refractivity contribution is 0.0679. The van der Waals surface area contributed by atoms with Gasteiger partial charge in [-0.1, -0.05) is 29.5 Å². The fourth-order valence-corrected chi connectivity index (χ4v) is 4.21. The van der Waals surface area contributed by atoms with Gasteiger partial charge in [0, 0.05) is 18.7 Å². The predicted octanol–water partition coefficient (Wildman–Crippen LogP) is 4.52. The topological polar surface area (TPSA) is 51.7 Å². The number of thiazole rings is 1. The molecule has 1 aliphatic rings. The van der Waals surface area contributed by atoms with Crippen molar-refractivity contribution in [2.75, 3.05) is 24.7 Å². The summed E-state index contributed by atoms with van der Waals surface area (Å²) >= 11 is 1.53. The van der Waals surface area contributed by atoms with E-state index in [-0.39, 0.29) is 12.0 Å². The van der Waals surface area contributed by atoms with Crippen molar-refractivity contribution in [3.8, 4) is 5.75 Å². The Morgan fingerprint density at radius 2 is 2.19 bits per heavy atom. The van der Waals surface area contributed by atoms with Crippen LogP contribution in [0, 0.1) is 0 Å². The molecule has 4 rings (SSSR count). The summed E-state index contributed by atoms with van der Waals surface area (Å²) in [5, 5.41) is 0.717. The number of fused-ring (bicyclic) bond motifs is 1. The van der Waals surface area contributed by atoms with Crippen LogP contribution in [0.15, 0.2) is 48.5 Å². The Bertz CT molecular complexity index is 901. The largest absolute Gasteiger partial charge is 0.491 e. The van der Waals surface area contributed by atoms with Gasteiger partial charge in [0.25, 0.3) is 5.91 Å². The van der Waals surface area contributed by atoms with E-state index in [0.29, 0.717) is 24.5 Å². The highest BCUT2D eigenvalue weighted by molar-refractivity contribution is 7.22. The minimum absolute atomic E-state index is 0.0703. The molecule has 1 fully saturated rings. The zero-order chi connectivity index (χ0) is 18.6. The Morgan fingerprint density at radius 1 is 1.30 bits per heavy atom. The van der Waals surface area contributed by atoms with Crippen LogP contribution in [-0.4, -0.2) is 36.8 Å².